The predicted molar refractivity (Wildman–Crippen MR) is 92.5 cm³/mol. The number of carbonyl (C=O) groups is 1. The molecular weight excluding hydrogens is 316 g/mol. The minimum absolute atomic E-state index is 0.0512. The topological polar surface area (TPSA) is 44.8 Å². The van der Waals surface area contributed by atoms with Crippen LogP contribution in [0, 0.1) is 53.3 Å². The monoisotopic (exact) mass is 348 g/mol. The maximum Gasteiger partial charge on any atom is 0.305 e. The van der Waals surface area contributed by atoms with Crippen molar-refractivity contribution in [2.45, 2.75) is 52.1 Å². The SMILES string of the molecule is CC1C(C)C2CC1C1C3CC(CCC(=O)OCC4COCO4)C(C3)C21. The zero-order valence-corrected chi connectivity index (χ0v) is 15.6. The summed E-state index contributed by atoms with van der Waals surface area (Å²) in [4.78, 5) is 12.1. The van der Waals surface area contributed by atoms with E-state index in [-0.39, 0.29) is 12.1 Å². The van der Waals surface area contributed by atoms with Gasteiger partial charge in [-0.1, -0.05) is 13.8 Å². The fourth-order valence-electron chi connectivity index (χ4n) is 7.73. The van der Waals surface area contributed by atoms with Gasteiger partial charge in [-0.05, 0) is 78.9 Å². The number of hydrogen-bond acceptors (Lipinski definition) is 4. The van der Waals surface area contributed by atoms with Crippen molar-refractivity contribution in [3.05, 3.63) is 0 Å². The highest BCUT2D eigenvalue weighted by Crippen LogP contribution is 2.71. The Hall–Kier alpha value is -0.610. The molecule has 140 valence electrons. The number of ether oxygens (including phenoxy) is 3. The fourth-order valence-corrected chi connectivity index (χ4v) is 7.73. The summed E-state index contributed by atoms with van der Waals surface area (Å²) in [6.07, 6.45) is 5.89. The molecule has 0 aromatic heterocycles. The first-order valence-corrected chi connectivity index (χ1v) is 10.5. The molecule has 4 aliphatic carbocycles. The quantitative estimate of drug-likeness (QED) is 0.563. The Morgan fingerprint density at radius 1 is 1.04 bits per heavy atom. The molecule has 25 heavy (non-hydrogen) atoms. The number of hydrogen-bond donors (Lipinski definition) is 0. The minimum Gasteiger partial charge on any atom is -0.463 e. The molecule has 0 radical (unpaired) electrons. The van der Waals surface area contributed by atoms with Crippen LogP contribution in [0.5, 0.6) is 0 Å². The van der Waals surface area contributed by atoms with Crippen molar-refractivity contribution >= 4 is 5.97 Å². The molecule has 10 atom stereocenters. The summed E-state index contributed by atoms with van der Waals surface area (Å²) in [6.45, 7) is 6.22. The van der Waals surface area contributed by atoms with Crippen molar-refractivity contribution in [3.8, 4) is 0 Å². The van der Waals surface area contributed by atoms with E-state index >= 15 is 0 Å². The molecule has 0 spiro atoms. The summed E-state index contributed by atoms with van der Waals surface area (Å²) in [6, 6.07) is 0. The van der Waals surface area contributed by atoms with Crippen LogP contribution in [-0.2, 0) is 19.0 Å². The third-order valence-corrected chi connectivity index (χ3v) is 8.82. The Morgan fingerprint density at radius 2 is 1.84 bits per heavy atom. The molecule has 5 aliphatic rings. The van der Waals surface area contributed by atoms with Crippen LogP contribution in [0.25, 0.3) is 0 Å². The molecule has 4 heteroatoms. The second-order valence-corrected chi connectivity index (χ2v) is 9.59. The van der Waals surface area contributed by atoms with Crippen molar-refractivity contribution in [2.24, 2.45) is 53.3 Å². The van der Waals surface area contributed by atoms with Gasteiger partial charge in [-0.2, -0.15) is 0 Å². The number of carbonyl (C=O) groups excluding carboxylic acids is 1. The molecule has 1 aliphatic heterocycles. The van der Waals surface area contributed by atoms with Crippen molar-refractivity contribution in [3.63, 3.8) is 0 Å². The van der Waals surface area contributed by atoms with Gasteiger partial charge in [0.1, 0.15) is 19.5 Å². The molecule has 0 aromatic carbocycles. The van der Waals surface area contributed by atoms with Crippen LogP contribution in [-0.4, -0.2) is 32.1 Å². The van der Waals surface area contributed by atoms with Crippen molar-refractivity contribution in [2.75, 3.05) is 20.0 Å². The Kier molecular flexibility index (Phi) is 4.12. The minimum atomic E-state index is -0.0651. The van der Waals surface area contributed by atoms with Gasteiger partial charge in [0.2, 0.25) is 0 Å². The van der Waals surface area contributed by atoms with E-state index in [0.29, 0.717) is 26.4 Å². The first kappa shape index (κ1) is 16.6. The van der Waals surface area contributed by atoms with E-state index in [4.69, 9.17) is 14.2 Å². The molecule has 1 heterocycles. The standard InChI is InChI=1S/C21H32O4/c1-11-12(2)17-7-16(11)20-14-5-13(18(6-14)21(17)20)3-4-19(22)24-9-15-8-23-10-25-15/h11-18,20-21H,3-10H2,1-2H3. The second-order valence-electron chi connectivity index (χ2n) is 9.59. The van der Waals surface area contributed by atoms with Crippen LogP contribution in [0.1, 0.15) is 46.0 Å². The molecule has 5 rings (SSSR count). The van der Waals surface area contributed by atoms with E-state index in [9.17, 15) is 4.79 Å². The molecule has 0 aromatic rings. The van der Waals surface area contributed by atoms with Gasteiger partial charge in [-0.3, -0.25) is 4.79 Å². The summed E-state index contributed by atoms with van der Waals surface area (Å²) in [7, 11) is 0. The maximum atomic E-state index is 12.1. The van der Waals surface area contributed by atoms with Gasteiger partial charge in [-0.15, -0.1) is 0 Å². The molecule has 4 nitrogen and oxygen atoms in total. The van der Waals surface area contributed by atoms with E-state index in [2.05, 4.69) is 13.8 Å². The Bertz CT molecular complexity index is 528. The summed E-state index contributed by atoms with van der Waals surface area (Å²) in [5.41, 5.74) is 0. The van der Waals surface area contributed by atoms with Gasteiger partial charge in [0.15, 0.2) is 0 Å². The van der Waals surface area contributed by atoms with Crippen molar-refractivity contribution in [1.82, 2.24) is 0 Å². The summed E-state index contributed by atoms with van der Waals surface area (Å²) < 4.78 is 15.8. The predicted octanol–water partition coefficient (Wildman–Crippen LogP) is 3.49. The van der Waals surface area contributed by atoms with Gasteiger partial charge in [0, 0.05) is 6.42 Å². The maximum absolute atomic E-state index is 12.1. The van der Waals surface area contributed by atoms with Gasteiger partial charge in [0.25, 0.3) is 0 Å². The van der Waals surface area contributed by atoms with Crippen LogP contribution in [0.4, 0.5) is 0 Å². The number of rotatable bonds is 5. The normalized spacial score (nSPS) is 52.7. The summed E-state index contributed by atoms with van der Waals surface area (Å²) in [5.74, 6) is 8.46. The molecule has 5 fully saturated rings. The average Bonchev–Trinajstić information content (AvgIpc) is 3.39. The first-order chi connectivity index (χ1) is 12.1. The van der Waals surface area contributed by atoms with Gasteiger partial charge >= 0.3 is 5.97 Å². The van der Waals surface area contributed by atoms with Crippen LogP contribution < -0.4 is 0 Å². The van der Waals surface area contributed by atoms with Crippen LogP contribution in [0.15, 0.2) is 0 Å². The third kappa shape index (κ3) is 2.58. The molecule has 10 unspecified atom stereocenters. The molecule has 1 saturated heterocycles. The van der Waals surface area contributed by atoms with Crippen molar-refractivity contribution in [1.29, 1.82) is 0 Å². The van der Waals surface area contributed by atoms with E-state index in [1.807, 2.05) is 0 Å². The lowest BCUT2D eigenvalue weighted by Gasteiger charge is -2.43. The second kappa shape index (κ2) is 6.23. The smallest absolute Gasteiger partial charge is 0.305 e. The summed E-state index contributed by atoms with van der Waals surface area (Å²) in [5, 5.41) is 0. The van der Waals surface area contributed by atoms with E-state index in [0.717, 1.165) is 59.7 Å². The average molecular weight is 348 g/mol. The Labute approximate surface area is 151 Å². The van der Waals surface area contributed by atoms with Crippen molar-refractivity contribution < 1.29 is 19.0 Å². The van der Waals surface area contributed by atoms with Gasteiger partial charge < -0.3 is 14.2 Å². The Balaban J connectivity index is 1.13. The van der Waals surface area contributed by atoms with E-state index in [1.54, 1.807) is 0 Å². The van der Waals surface area contributed by atoms with E-state index < -0.39 is 0 Å². The summed E-state index contributed by atoms with van der Waals surface area (Å²) >= 11 is 0. The molecule has 0 N–H and O–H groups in total. The van der Waals surface area contributed by atoms with Gasteiger partial charge in [-0.25, -0.2) is 0 Å². The molecule has 4 saturated carbocycles. The highest BCUT2D eigenvalue weighted by atomic mass is 16.7. The van der Waals surface area contributed by atoms with E-state index in [1.165, 1.54) is 19.3 Å². The van der Waals surface area contributed by atoms with Crippen LogP contribution in [0.3, 0.4) is 0 Å². The lowest BCUT2D eigenvalue weighted by atomic mass is 9.61. The highest BCUT2D eigenvalue weighted by Gasteiger charge is 2.65. The molecular formula is C21H32O4. The number of esters is 1. The first-order valence-electron chi connectivity index (χ1n) is 10.5. The zero-order chi connectivity index (χ0) is 17.1. The lowest BCUT2D eigenvalue weighted by molar-refractivity contribution is -0.147. The Morgan fingerprint density at radius 3 is 2.60 bits per heavy atom. The van der Waals surface area contributed by atoms with Crippen LogP contribution >= 0.6 is 0 Å². The molecule has 0 amide bonds. The fraction of sp³-hybridized carbons (Fsp3) is 0.952. The van der Waals surface area contributed by atoms with Gasteiger partial charge in [0.05, 0.1) is 6.61 Å². The number of fused-ring (bicyclic) bond motifs is 9. The third-order valence-electron chi connectivity index (χ3n) is 8.82. The highest BCUT2D eigenvalue weighted by molar-refractivity contribution is 5.69. The zero-order valence-electron chi connectivity index (χ0n) is 15.6. The lowest BCUT2D eigenvalue weighted by Crippen LogP contribution is -2.38. The van der Waals surface area contributed by atoms with Crippen LogP contribution in [0.2, 0.25) is 0 Å². The molecule has 4 bridgehead atoms. The largest absolute Gasteiger partial charge is 0.463 e.